The second kappa shape index (κ2) is 6.80. The zero-order chi connectivity index (χ0) is 16.1. The number of ether oxygens (including phenoxy) is 1. The zero-order valence-corrected chi connectivity index (χ0v) is 12.4. The normalized spacial score (nSPS) is 10.1. The Bertz CT molecular complexity index is 812. The van der Waals surface area contributed by atoms with E-state index in [-0.39, 0.29) is 23.0 Å². The minimum Gasteiger partial charge on any atom is -0.421 e. The van der Waals surface area contributed by atoms with Crippen LogP contribution in [0.1, 0.15) is 10.4 Å². The molecule has 23 heavy (non-hydrogen) atoms. The summed E-state index contributed by atoms with van der Waals surface area (Å²) in [6.45, 7) is 0. The van der Waals surface area contributed by atoms with Crippen LogP contribution in [-0.4, -0.2) is 25.8 Å². The number of halogens is 1. The van der Waals surface area contributed by atoms with E-state index in [4.69, 9.17) is 16.3 Å². The number of carbonyl (C=O) groups excluding carboxylic acids is 1. The average Bonchev–Trinajstić information content (AvgIpc) is 2.56. The van der Waals surface area contributed by atoms with Gasteiger partial charge in [-0.25, -0.2) is 9.97 Å². The summed E-state index contributed by atoms with van der Waals surface area (Å²) in [5, 5.41) is 2.79. The van der Waals surface area contributed by atoms with Crippen LogP contribution in [0.15, 0.2) is 55.1 Å². The molecule has 3 heterocycles. The van der Waals surface area contributed by atoms with Gasteiger partial charge < -0.3 is 10.1 Å². The van der Waals surface area contributed by atoms with Gasteiger partial charge in [-0.2, -0.15) is 4.98 Å². The molecule has 0 spiro atoms. The van der Waals surface area contributed by atoms with Crippen molar-refractivity contribution in [1.82, 2.24) is 19.9 Å². The van der Waals surface area contributed by atoms with Crippen LogP contribution in [0.3, 0.4) is 0 Å². The van der Waals surface area contributed by atoms with Crippen molar-refractivity contribution in [2.24, 2.45) is 0 Å². The van der Waals surface area contributed by atoms with Gasteiger partial charge in [0.2, 0.25) is 17.0 Å². The molecule has 0 saturated heterocycles. The molecule has 0 aromatic carbocycles. The van der Waals surface area contributed by atoms with Crippen molar-refractivity contribution in [3.05, 3.63) is 66.0 Å². The predicted molar refractivity (Wildman–Crippen MR) is 83.5 cm³/mol. The quantitative estimate of drug-likeness (QED) is 0.741. The number of carbonyl (C=O) groups is 1. The number of nitrogens with one attached hydrogen (secondary N) is 1. The van der Waals surface area contributed by atoms with Crippen molar-refractivity contribution in [3.63, 3.8) is 0 Å². The van der Waals surface area contributed by atoms with Gasteiger partial charge in [-0.15, -0.1) is 0 Å². The fourth-order valence-corrected chi connectivity index (χ4v) is 1.84. The predicted octanol–water partition coefficient (Wildman–Crippen LogP) is 2.96. The first-order valence-corrected chi connectivity index (χ1v) is 6.92. The molecule has 0 unspecified atom stereocenters. The van der Waals surface area contributed by atoms with E-state index in [1.807, 2.05) is 0 Å². The summed E-state index contributed by atoms with van der Waals surface area (Å²) in [6.07, 6.45) is 6.06. The molecule has 0 aliphatic heterocycles. The minimum absolute atomic E-state index is 0.0787. The monoisotopic (exact) mass is 327 g/mol. The first-order valence-electron chi connectivity index (χ1n) is 6.54. The molecule has 1 N–H and O–H groups in total. The standard InChI is InChI=1S/C15H10ClN5O2/c16-15-18-7-5-13(21-15)23-12-4-3-10(8-19-12)14(22)20-11-2-1-6-17-9-11/h1-9H,(H,20,22). The molecule has 8 heteroatoms. The topological polar surface area (TPSA) is 89.9 Å². The maximum absolute atomic E-state index is 12.1. The fourth-order valence-electron chi connectivity index (χ4n) is 1.70. The van der Waals surface area contributed by atoms with E-state index in [2.05, 4.69) is 25.3 Å². The van der Waals surface area contributed by atoms with Gasteiger partial charge in [0.15, 0.2) is 0 Å². The van der Waals surface area contributed by atoms with Crippen molar-refractivity contribution in [3.8, 4) is 11.8 Å². The molecule has 114 valence electrons. The van der Waals surface area contributed by atoms with E-state index < -0.39 is 0 Å². The Morgan fingerprint density at radius 3 is 2.65 bits per heavy atom. The highest BCUT2D eigenvalue weighted by Gasteiger charge is 2.08. The fraction of sp³-hybridized carbons (Fsp3) is 0. The Balaban J connectivity index is 1.68. The number of pyridine rings is 2. The molecule has 0 bridgehead atoms. The Morgan fingerprint density at radius 1 is 1.04 bits per heavy atom. The second-order valence-corrected chi connectivity index (χ2v) is 4.68. The maximum atomic E-state index is 12.1. The van der Waals surface area contributed by atoms with Gasteiger partial charge in [-0.3, -0.25) is 9.78 Å². The summed E-state index contributed by atoms with van der Waals surface area (Å²) >= 11 is 5.67. The average molecular weight is 328 g/mol. The van der Waals surface area contributed by atoms with Crippen LogP contribution >= 0.6 is 11.6 Å². The highest BCUT2D eigenvalue weighted by Crippen LogP contribution is 2.18. The summed E-state index contributed by atoms with van der Waals surface area (Å²) < 4.78 is 5.42. The number of hydrogen-bond acceptors (Lipinski definition) is 6. The lowest BCUT2D eigenvalue weighted by atomic mass is 10.2. The third-order valence-electron chi connectivity index (χ3n) is 2.73. The van der Waals surface area contributed by atoms with Gasteiger partial charge in [0, 0.05) is 30.7 Å². The summed E-state index contributed by atoms with van der Waals surface area (Å²) in [5.74, 6) is 0.268. The Morgan fingerprint density at radius 2 is 1.96 bits per heavy atom. The van der Waals surface area contributed by atoms with E-state index in [1.165, 1.54) is 12.4 Å². The molecular weight excluding hydrogens is 318 g/mol. The Kier molecular flexibility index (Phi) is 4.39. The van der Waals surface area contributed by atoms with Crippen LogP contribution in [-0.2, 0) is 0 Å². The van der Waals surface area contributed by atoms with E-state index in [0.717, 1.165) is 0 Å². The molecule has 3 rings (SSSR count). The number of hydrogen-bond donors (Lipinski definition) is 1. The van der Waals surface area contributed by atoms with Gasteiger partial charge in [0.25, 0.3) is 5.91 Å². The van der Waals surface area contributed by atoms with E-state index in [9.17, 15) is 4.79 Å². The molecule has 0 radical (unpaired) electrons. The van der Waals surface area contributed by atoms with Crippen LogP contribution in [0.5, 0.6) is 11.8 Å². The first kappa shape index (κ1) is 14.9. The number of rotatable bonds is 4. The van der Waals surface area contributed by atoms with Crippen LogP contribution in [0.4, 0.5) is 5.69 Å². The smallest absolute Gasteiger partial charge is 0.257 e. The zero-order valence-electron chi connectivity index (χ0n) is 11.7. The first-order chi connectivity index (χ1) is 11.2. The van der Waals surface area contributed by atoms with Crippen molar-refractivity contribution in [2.45, 2.75) is 0 Å². The van der Waals surface area contributed by atoms with Crippen molar-refractivity contribution in [2.75, 3.05) is 5.32 Å². The van der Waals surface area contributed by atoms with E-state index in [1.54, 1.807) is 42.7 Å². The molecule has 1 amide bonds. The van der Waals surface area contributed by atoms with Gasteiger partial charge in [0.1, 0.15) is 0 Å². The van der Waals surface area contributed by atoms with E-state index in [0.29, 0.717) is 11.3 Å². The van der Waals surface area contributed by atoms with Gasteiger partial charge in [0.05, 0.1) is 17.4 Å². The number of anilines is 1. The van der Waals surface area contributed by atoms with Crippen molar-refractivity contribution >= 4 is 23.2 Å². The Hall–Kier alpha value is -3.06. The molecule has 0 aliphatic carbocycles. The van der Waals surface area contributed by atoms with Crippen LogP contribution in [0, 0.1) is 0 Å². The molecule has 0 saturated carbocycles. The van der Waals surface area contributed by atoms with Crippen molar-refractivity contribution < 1.29 is 9.53 Å². The van der Waals surface area contributed by atoms with Crippen LogP contribution < -0.4 is 10.1 Å². The molecule has 7 nitrogen and oxygen atoms in total. The summed E-state index contributed by atoms with van der Waals surface area (Å²) in [6, 6.07) is 8.19. The Labute approximate surface area is 136 Å². The number of nitrogens with zero attached hydrogens (tertiary/aromatic N) is 4. The maximum Gasteiger partial charge on any atom is 0.257 e. The molecule has 0 atom stereocenters. The minimum atomic E-state index is -0.290. The highest BCUT2D eigenvalue weighted by molar-refractivity contribution is 6.28. The lowest BCUT2D eigenvalue weighted by Gasteiger charge is -2.06. The number of amides is 1. The number of aromatic nitrogens is 4. The van der Waals surface area contributed by atoms with Gasteiger partial charge >= 0.3 is 0 Å². The molecular formula is C15H10ClN5O2. The largest absolute Gasteiger partial charge is 0.421 e. The summed E-state index contributed by atoms with van der Waals surface area (Å²) in [5.41, 5.74) is 0.996. The summed E-state index contributed by atoms with van der Waals surface area (Å²) in [7, 11) is 0. The molecule has 0 aliphatic rings. The molecule has 3 aromatic heterocycles. The summed E-state index contributed by atoms with van der Waals surface area (Å²) in [4.78, 5) is 27.7. The lowest BCUT2D eigenvalue weighted by Crippen LogP contribution is -2.12. The van der Waals surface area contributed by atoms with Gasteiger partial charge in [-0.1, -0.05) is 0 Å². The third kappa shape index (κ3) is 3.98. The molecule has 0 fully saturated rings. The SMILES string of the molecule is O=C(Nc1cccnc1)c1ccc(Oc2ccnc(Cl)n2)nc1. The highest BCUT2D eigenvalue weighted by atomic mass is 35.5. The third-order valence-corrected chi connectivity index (χ3v) is 2.91. The molecule has 3 aromatic rings. The van der Waals surface area contributed by atoms with Crippen molar-refractivity contribution in [1.29, 1.82) is 0 Å². The van der Waals surface area contributed by atoms with E-state index >= 15 is 0 Å². The second-order valence-electron chi connectivity index (χ2n) is 4.35. The lowest BCUT2D eigenvalue weighted by molar-refractivity contribution is 0.102. The van der Waals surface area contributed by atoms with Gasteiger partial charge in [-0.05, 0) is 29.8 Å². The van der Waals surface area contributed by atoms with Crippen LogP contribution in [0.2, 0.25) is 5.28 Å². The van der Waals surface area contributed by atoms with Crippen LogP contribution in [0.25, 0.3) is 0 Å².